The van der Waals surface area contributed by atoms with Crippen molar-refractivity contribution >= 4 is 45.9 Å². The average Bonchev–Trinajstić information content (AvgIpc) is 2.38. The summed E-state index contributed by atoms with van der Waals surface area (Å²) < 4.78 is 6.19. The minimum Gasteiger partial charge on any atom is -0.383 e. The zero-order valence-electron chi connectivity index (χ0n) is 12.1. The second kappa shape index (κ2) is 11.3. The molecule has 6 heteroatoms. The van der Waals surface area contributed by atoms with Crippen molar-refractivity contribution in [1.29, 1.82) is 0 Å². The Hall–Kier alpha value is -0.340. The third kappa shape index (κ3) is 8.06. The van der Waals surface area contributed by atoms with E-state index in [2.05, 4.69) is 57.5 Å². The number of hydrogen-bond acceptors (Lipinski definition) is 2. The number of benzene rings is 1. The van der Waals surface area contributed by atoms with E-state index in [4.69, 9.17) is 4.74 Å². The third-order valence-corrected chi connectivity index (χ3v) is 3.01. The second-order valence-electron chi connectivity index (χ2n) is 4.32. The Morgan fingerprint density at radius 1 is 1.35 bits per heavy atom. The molecule has 0 aromatic heterocycles. The van der Waals surface area contributed by atoms with Crippen LogP contribution in [-0.4, -0.2) is 32.3 Å². The fraction of sp³-hybridized carbons (Fsp3) is 0.500. The number of aliphatic imine (C=N–C) groups is 1. The standard InChI is InChI=1S/C14H22BrN3O.HI/c1-4-16-14(18-11(2)10-19-3)17-9-12-5-7-13(15)8-6-12;/h5-8,11H,4,9-10H2,1-3H3,(H2,16,17,18);1H. The number of rotatable bonds is 6. The van der Waals surface area contributed by atoms with E-state index in [1.807, 2.05) is 12.1 Å². The van der Waals surface area contributed by atoms with Gasteiger partial charge >= 0.3 is 0 Å². The Balaban J connectivity index is 0.00000361. The Labute approximate surface area is 146 Å². The monoisotopic (exact) mass is 455 g/mol. The largest absolute Gasteiger partial charge is 0.383 e. The van der Waals surface area contributed by atoms with E-state index in [0.717, 1.165) is 17.0 Å². The normalized spacial score (nSPS) is 12.5. The maximum atomic E-state index is 5.11. The van der Waals surface area contributed by atoms with Gasteiger partial charge in [-0.15, -0.1) is 24.0 Å². The van der Waals surface area contributed by atoms with Crippen molar-refractivity contribution in [2.75, 3.05) is 20.3 Å². The molecule has 0 radical (unpaired) electrons. The summed E-state index contributed by atoms with van der Waals surface area (Å²) in [7, 11) is 1.70. The van der Waals surface area contributed by atoms with Crippen molar-refractivity contribution in [3.8, 4) is 0 Å². The highest BCUT2D eigenvalue weighted by Gasteiger charge is 2.04. The van der Waals surface area contributed by atoms with E-state index in [9.17, 15) is 0 Å². The zero-order chi connectivity index (χ0) is 14.1. The molecule has 1 unspecified atom stereocenters. The van der Waals surface area contributed by atoms with Gasteiger partial charge in [0.05, 0.1) is 13.2 Å². The van der Waals surface area contributed by atoms with Crippen LogP contribution >= 0.6 is 39.9 Å². The minimum absolute atomic E-state index is 0. The number of hydrogen-bond donors (Lipinski definition) is 2. The van der Waals surface area contributed by atoms with Gasteiger partial charge in [-0.2, -0.15) is 0 Å². The van der Waals surface area contributed by atoms with Crippen LogP contribution in [0.25, 0.3) is 0 Å². The van der Waals surface area contributed by atoms with Gasteiger partial charge < -0.3 is 15.4 Å². The van der Waals surface area contributed by atoms with E-state index in [0.29, 0.717) is 13.2 Å². The highest BCUT2D eigenvalue weighted by atomic mass is 127. The number of methoxy groups -OCH3 is 1. The van der Waals surface area contributed by atoms with Crippen LogP contribution in [0, 0.1) is 0 Å². The van der Waals surface area contributed by atoms with Gasteiger partial charge in [0.2, 0.25) is 0 Å². The van der Waals surface area contributed by atoms with Crippen molar-refractivity contribution in [2.24, 2.45) is 4.99 Å². The van der Waals surface area contributed by atoms with Crippen LogP contribution in [0.5, 0.6) is 0 Å². The highest BCUT2D eigenvalue weighted by molar-refractivity contribution is 14.0. The fourth-order valence-corrected chi connectivity index (χ4v) is 1.87. The van der Waals surface area contributed by atoms with Crippen LogP contribution < -0.4 is 10.6 Å². The van der Waals surface area contributed by atoms with Gasteiger partial charge in [-0.25, -0.2) is 4.99 Å². The maximum absolute atomic E-state index is 5.11. The van der Waals surface area contributed by atoms with Crippen LogP contribution in [0.3, 0.4) is 0 Å². The van der Waals surface area contributed by atoms with Gasteiger partial charge in [-0.05, 0) is 31.5 Å². The molecule has 1 aromatic rings. The lowest BCUT2D eigenvalue weighted by atomic mass is 10.2. The lowest BCUT2D eigenvalue weighted by molar-refractivity contribution is 0.179. The molecule has 20 heavy (non-hydrogen) atoms. The van der Waals surface area contributed by atoms with Crippen LogP contribution in [0.1, 0.15) is 19.4 Å². The molecule has 2 N–H and O–H groups in total. The van der Waals surface area contributed by atoms with Crippen molar-refractivity contribution in [2.45, 2.75) is 26.4 Å². The number of nitrogens with zero attached hydrogens (tertiary/aromatic N) is 1. The molecule has 0 heterocycles. The van der Waals surface area contributed by atoms with Gasteiger partial charge in [-0.3, -0.25) is 0 Å². The molecule has 4 nitrogen and oxygen atoms in total. The van der Waals surface area contributed by atoms with E-state index < -0.39 is 0 Å². The molecule has 0 fully saturated rings. The molecule has 1 rings (SSSR count). The molecule has 0 spiro atoms. The Kier molecular flexibility index (Phi) is 11.1. The van der Waals surface area contributed by atoms with Gasteiger partial charge in [0.25, 0.3) is 0 Å². The molecule has 114 valence electrons. The topological polar surface area (TPSA) is 45.7 Å². The maximum Gasteiger partial charge on any atom is 0.191 e. The first-order valence-corrected chi connectivity index (χ1v) is 7.23. The molecule has 1 atom stereocenters. The highest BCUT2D eigenvalue weighted by Crippen LogP contribution is 2.10. The summed E-state index contributed by atoms with van der Waals surface area (Å²) in [5.41, 5.74) is 1.18. The predicted octanol–water partition coefficient (Wildman–Crippen LogP) is 3.16. The summed E-state index contributed by atoms with van der Waals surface area (Å²) >= 11 is 3.43. The summed E-state index contributed by atoms with van der Waals surface area (Å²) in [6.45, 7) is 6.27. The van der Waals surface area contributed by atoms with Gasteiger partial charge in [0.1, 0.15) is 0 Å². The van der Waals surface area contributed by atoms with E-state index in [-0.39, 0.29) is 30.0 Å². The minimum atomic E-state index is 0. The molecule has 0 amide bonds. The summed E-state index contributed by atoms with van der Waals surface area (Å²) in [6, 6.07) is 8.41. The average molecular weight is 456 g/mol. The first-order chi connectivity index (χ1) is 9.15. The van der Waals surface area contributed by atoms with Crippen LogP contribution in [0.4, 0.5) is 0 Å². The molecule has 0 aliphatic heterocycles. The molecule has 1 aromatic carbocycles. The smallest absolute Gasteiger partial charge is 0.191 e. The van der Waals surface area contributed by atoms with Gasteiger partial charge in [0.15, 0.2) is 5.96 Å². The SMILES string of the molecule is CCNC(=NCc1ccc(Br)cc1)NC(C)COC.I. The quantitative estimate of drug-likeness (QED) is 0.393. The summed E-state index contributed by atoms with van der Waals surface area (Å²) in [5, 5.41) is 6.53. The lowest BCUT2D eigenvalue weighted by Crippen LogP contribution is -2.43. The van der Waals surface area contributed by atoms with Crippen LogP contribution in [0.15, 0.2) is 33.7 Å². The van der Waals surface area contributed by atoms with Crippen molar-refractivity contribution in [3.05, 3.63) is 34.3 Å². The van der Waals surface area contributed by atoms with Crippen molar-refractivity contribution in [3.63, 3.8) is 0 Å². The summed E-state index contributed by atoms with van der Waals surface area (Å²) in [4.78, 5) is 4.56. The second-order valence-corrected chi connectivity index (χ2v) is 5.24. The Bertz CT molecular complexity index is 398. The summed E-state index contributed by atoms with van der Waals surface area (Å²) in [5.74, 6) is 0.815. The zero-order valence-corrected chi connectivity index (χ0v) is 16.1. The Morgan fingerprint density at radius 2 is 2.00 bits per heavy atom. The molecular formula is C14H23BrIN3O. The van der Waals surface area contributed by atoms with Crippen molar-refractivity contribution < 1.29 is 4.74 Å². The first-order valence-electron chi connectivity index (χ1n) is 6.44. The number of ether oxygens (including phenoxy) is 1. The molecule has 0 bridgehead atoms. The number of halogens is 2. The van der Waals surface area contributed by atoms with E-state index >= 15 is 0 Å². The predicted molar refractivity (Wildman–Crippen MR) is 98.8 cm³/mol. The lowest BCUT2D eigenvalue weighted by Gasteiger charge is -2.16. The van der Waals surface area contributed by atoms with Gasteiger partial charge in [0, 0.05) is 24.2 Å². The van der Waals surface area contributed by atoms with E-state index in [1.165, 1.54) is 5.56 Å². The first kappa shape index (κ1) is 19.7. The molecule has 0 saturated heterocycles. The van der Waals surface area contributed by atoms with E-state index in [1.54, 1.807) is 7.11 Å². The van der Waals surface area contributed by atoms with Crippen LogP contribution in [-0.2, 0) is 11.3 Å². The number of guanidine groups is 1. The van der Waals surface area contributed by atoms with Crippen molar-refractivity contribution in [1.82, 2.24) is 10.6 Å². The number of nitrogens with one attached hydrogen (secondary N) is 2. The van der Waals surface area contributed by atoms with Gasteiger partial charge in [-0.1, -0.05) is 28.1 Å². The molecule has 0 saturated carbocycles. The molecule has 0 aliphatic rings. The summed E-state index contributed by atoms with van der Waals surface area (Å²) in [6.07, 6.45) is 0. The molecule has 0 aliphatic carbocycles. The fourth-order valence-electron chi connectivity index (χ4n) is 1.61. The molecular weight excluding hydrogens is 433 g/mol. The third-order valence-electron chi connectivity index (χ3n) is 2.48. The Morgan fingerprint density at radius 3 is 2.55 bits per heavy atom. The van der Waals surface area contributed by atoms with Crippen LogP contribution in [0.2, 0.25) is 0 Å².